The number of H-pyrrole nitrogens is 1. The first-order valence-electron chi connectivity index (χ1n) is 7.42. The molecule has 108 valence electrons. The topological polar surface area (TPSA) is 65.9 Å². The molecule has 0 spiro atoms. The summed E-state index contributed by atoms with van der Waals surface area (Å²) in [6.07, 6.45) is 4.90. The van der Waals surface area contributed by atoms with Crippen molar-refractivity contribution in [1.82, 2.24) is 4.98 Å². The Balaban J connectivity index is 1.99. The minimum Gasteiger partial charge on any atom is -0.466 e. The second-order valence-corrected chi connectivity index (χ2v) is 5.51. The van der Waals surface area contributed by atoms with Gasteiger partial charge in [0.1, 0.15) is 0 Å². The SMILES string of the molecule is CCOC(=O)[C@H]1CCC[C@H]1c1c[nH]c2ccc(C#N)cc12. The summed E-state index contributed by atoms with van der Waals surface area (Å²) in [4.78, 5) is 15.4. The van der Waals surface area contributed by atoms with Crippen molar-refractivity contribution >= 4 is 16.9 Å². The lowest BCUT2D eigenvalue weighted by molar-refractivity contribution is -0.148. The maximum atomic E-state index is 12.1. The second kappa shape index (κ2) is 5.61. The first-order valence-corrected chi connectivity index (χ1v) is 7.42. The van der Waals surface area contributed by atoms with E-state index in [0.29, 0.717) is 12.2 Å². The number of nitrogens with zero attached hydrogens (tertiary/aromatic N) is 1. The predicted molar refractivity (Wildman–Crippen MR) is 79.7 cm³/mol. The summed E-state index contributed by atoms with van der Waals surface area (Å²) in [5.74, 6) is 0.0345. The summed E-state index contributed by atoms with van der Waals surface area (Å²) in [6, 6.07) is 7.81. The van der Waals surface area contributed by atoms with Crippen molar-refractivity contribution < 1.29 is 9.53 Å². The number of carbonyl (C=O) groups excluding carboxylic acids is 1. The zero-order valence-electron chi connectivity index (χ0n) is 12.1. The Labute approximate surface area is 123 Å². The maximum Gasteiger partial charge on any atom is 0.309 e. The third-order valence-electron chi connectivity index (χ3n) is 4.35. The number of hydrogen-bond acceptors (Lipinski definition) is 3. The van der Waals surface area contributed by atoms with E-state index in [4.69, 9.17) is 10.00 Å². The number of aromatic nitrogens is 1. The summed E-state index contributed by atoms with van der Waals surface area (Å²) in [5.41, 5.74) is 2.80. The van der Waals surface area contributed by atoms with Crippen LogP contribution in [-0.4, -0.2) is 17.6 Å². The van der Waals surface area contributed by atoms with E-state index in [1.807, 2.05) is 25.3 Å². The van der Waals surface area contributed by atoms with E-state index in [1.165, 1.54) is 0 Å². The van der Waals surface area contributed by atoms with E-state index in [1.54, 1.807) is 6.07 Å². The third-order valence-corrected chi connectivity index (χ3v) is 4.35. The minimum atomic E-state index is -0.0919. The lowest BCUT2D eigenvalue weighted by Crippen LogP contribution is -2.20. The molecule has 4 nitrogen and oxygen atoms in total. The molecule has 0 radical (unpaired) electrons. The number of esters is 1. The van der Waals surface area contributed by atoms with Crippen molar-refractivity contribution in [3.05, 3.63) is 35.5 Å². The molecule has 21 heavy (non-hydrogen) atoms. The Bertz CT molecular complexity index is 711. The quantitative estimate of drug-likeness (QED) is 0.876. The van der Waals surface area contributed by atoms with Gasteiger partial charge in [0.15, 0.2) is 0 Å². The smallest absolute Gasteiger partial charge is 0.309 e. The van der Waals surface area contributed by atoms with Gasteiger partial charge in [-0.1, -0.05) is 6.42 Å². The van der Waals surface area contributed by atoms with Crippen LogP contribution in [0.2, 0.25) is 0 Å². The van der Waals surface area contributed by atoms with Gasteiger partial charge in [0.05, 0.1) is 24.2 Å². The van der Waals surface area contributed by atoms with E-state index in [-0.39, 0.29) is 17.8 Å². The van der Waals surface area contributed by atoms with Crippen molar-refractivity contribution in [3.63, 3.8) is 0 Å². The van der Waals surface area contributed by atoms with Crippen LogP contribution in [0, 0.1) is 17.2 Å². The van der Waals surface area contributed by atoms with Gasteiger partial charge in [-0.15, -0.1) is 0 Å². The van der Waals surface area contributed by atoms with E-state index in [9.17, 15) is 4.79 Å². The molecule has 1 fully saturated rings. The molecular formula is C17H18N2O2. The standard InChI is InChI=1S/C17H18N2O2/c1-2-21-17(20)13-5-3-4-12(13)15-10-19-16-7-6-11(9-18)8-14(15)16/h6-8,10,12-13,19H,2-5H2,1H3/t12-,13+/m1/s1. The van der Waals surface area contributed by atoms with Crippen molar-refractivity contribution in [2.24, 2.45) is 5.92 Å². The van der Waals surface area contributed by atoms with Crippen LogP contribution in [0.25, 0.3) is 10.9 Å². The van der Waals surface area contributed by atoms with E-state index in [2.05, 4.69) is 11.1 Å². The van der Waals surface area contributed by atoms with Gasteiger partial charge in [-0.05, 0) is 49.4 Å². The molecule has 1 N–H and O–H groups in total. The molecule has 0 unspecified atom stereocenters. The number of rotatable bonds is 3. The molecule has 0 bridgehead atoms. The summed E-state index contributed by atoms with van der Waals surface area (Å²) < 4.78 is 5.21. The first kappa shape index (κ1) is 13.7. The van der Waals surface area contributed by atoms with E-state index in [0.717, 1.165) is 35.7 Å². The van der Waals surface area contributed by atoms with Crippen LogP contribution in [0.1, 0.15) is 43.2 Å². The molecule has 1 aromatic carbocycles. The van der Waals surface area contributed by atoms with Crippen LogP contribution in [0.15, 0.2) is 24.4 Å². The average Bonchev–Trinajstić information content (AvgIpc) is 3.12. The molecule has 2 aromatic rings. The summed E-state index contributed by atoms with van der Waals surface area (Å²) in [5, 5.41) is 10.1. The van der Waals surface area contributed by atoms with E-state index < -0.39 is 0 Å². The molecule has 2 atom stereocenters. The third kappa shape index (κ3) is 2.40. The lowest BCUT2D eigenvalue weighted by atomic mass is 9.88. The normalized spacial score (nSPS) is 21.3. The van der Waals surface area contributed by atoms with Gasteiger partial charge in [-0.25, -0.2) is 0 Å². The van der Waals surface area contributed by atoms with Gasteiger partial charge in [0.25, 0.3) is 0 Å². The van der Waals surface area contributed by atoms with Crippen LogP contribution in [-0.2, 0) is 9.53 Å². The van der Waals surface area contributed by atoms with Gasteiger partial charge >= 0.3 is 5.97 Å². The summed E-state index contributed by atoms with van der Waals surface area (Å²) in [7, 11) is 0. The lowest BCUT2D eigenvalue weighted by Gasteiger charge is -2.17. The highest BCUT2D eigenvalue weighted by Crippen LogP contribution is 2.42. The maximum absolute atomic E-state index is 12.1. The number of aromatic amines is 1. The molecule has 0 amide bonds. The molecule has 1 aromatic heterocycles. The van der Waals surface area contributed by atoms with Gasteiger partial charge in [0, 0.05) is 17.1 Å². The van der Waals surface area contributed by atoms with Gasteiger partial charge in [0.2, 0.25) is 0 Å². The molecule has 1 aliphatic carbocycles. The Morgan fingerprint density at radius 3 is 3.10 bits per heavy atom. The zero-order valence-corrected chi connectivity index (χ0v) is 12.1. The molecule has 3 rings (SSSR count). The Morgan fingerprint density at radius 2 is 2.33 bits per heavy atom. The first-order chi connectivity index (χ1) is 10.2. The molecule has 4 heteroatoms. The number of fused-ring (bicyclic) bond motifs is 1. The molecule has 1 saturated carbocycles. The van der Waals surface area contributed by atoms with Crippen LogP contribution in [0.5, 0.6) is 0 Å². The second-order valence-electron chi connectivity index (χ2n) is 5.51. The van der Waals surface area contributed by atoms with Gasteiger partial charge in [-0.2, -0.15) is 5.26 Å². The van der Waals surface area contributed by atoms with Crippen LogP contribution >= 0.6 is 0 Å². The van der Waals surface area contributed by atoms with E-state index >= 15 is 0 Å². The monoisotopic (exact) mass is 282 g/mol. The fourth-order valence-corrected chi connectivity index (χ4v) is 3.38. The van der Waals surface area contributed by atoms with Gasteiger partial charge in [-0.3, -0.25) is 4.79 Å². The van der Waals surface area contributed by atoms with Crippen molar-refractivity contribution in [1.29, 1.82) is 5.26 Å². The highest BCUT2D eigenvalue weighted by molar-refractivity contribution is 5.86. The average molecular weight is 282 g/mol. The predicted octanol–water partition coefficient (Wildman–Crippen LogP) is 3.49. The van der Waals surface area contributed by atoms with Crippen molar-refractivity contribution in [2.75, 3.05) is 6.61 Å². The molecule has 0 aliphatic heterocycles. The number of hydrogen-bond donors (Lipinski definition) is 1. The fraction of sp³-hybridized carbons (Fsp3) is 0.412. The summed E-state index contributed by atoms with van der Waals surface area (Å²) >= 11 is 0. The fourth-order valence-electron chi connectivity index (χ4n) is 3.38. The molecule has 0 saturated heterocycles. The van der Waals surface area contributed by atoms with Gasteiger partial charge < -0.3 is 9.72 Å². The molecular weight excluding hydrogens is 264 g/mol. The summed E-state index contributed by atoms with van der Waals surface area (Å²) in [6.45, 7) is 2.27. The molecule has 1 heterocycles. The number of carbonyl (C=O) groups is 1. The van der Waals surface area contributed by atoms with Crippen LogP contribution in [0.4, 0.5) is 0 Å². The molecule has 1 aliphatic rings. The minimum absolute atomic E-state index is 0.0605. The number of nitriles is 1. The number of ether oxygens (including phenoxy) is 1. The number of nitrogens with one attached hydrogen (secondary N) is 1. The number of benzene rings is 1. The Morgan fingerprint density at radius 1 is 1.48 bits per heavy atom. The van der Waals surface area contributed by atoms with Crippen LogP contribution in [0.3, 0.4) is 0 Å². The zero-order chi connectivity index (χ0) is 14.8. The van der Waals surface area contributed by atoms with Crippen molar-refractivity contribution in [2.45, 2.75) is 32.1 Å². The Kier molecular flexibility index (Phi) is 3.66. The highest BCUT2D eigenvalue weighted by atomic mass is 16.5. The van der Waals surface area contributed by atoms with Crippen molar-refractivity contribution in [3.8, 4) is 6.07 Å². The largest absolute Gasteiger partial charge is 0.466 e. The highest BCUT2D eigenvalue weighted by Gasteiger charge is 2.36. The van der Waals surface area contributed by atoms with Crippen LogP contribution < -0.4 is 0 Å². The Hall–Kier alpha value is -2.28.